The second-order valence-electron chi connectivity index (χ2n) is 9.07. The second-order valence-corrected chi connectivity index (χ2v) is 14.1. The van der Waals surface area contributed by atoms with E-state index in [1.54, 1.807) is 0 Å². The highest BCUT2D eigenvalue weighted by Gasteiger charge is 2.32. The minimum absolute atomic E-state index is 0.729. The molecule has 0 saturated carbocycles. The predicted molar refractivity (Wildman–Crippen MR) is 128 cm³/mol. The summed E-state index contributed by atoms with van der Waals surface area (Å²) in [4.78, 5) is 4.79. The number of fused-ring (bicyclic) bond motifs is 4. The summed E-state index contributed by atoms with van der Waals surface area (Å²) in [5.41, 5.74) is 9.01. The monoisotopic (exact) mass is 404 g/mol. The smallest absolute Gasteiger partial charge is 0.102 e. The molecule has 5 rings (SSSR count). The molecule has 0 atom stereocenters. The average Bonchev–Trinajstić information content (AvgIpc) is 2.76. The van der Waals surface area contributed by atoms with Crippen molar-refractivity contribution in [2.45, 2.75) is 32.5 Å². The summed E-state index contributed by atoms with van der Waals surface area (Å²) in [6, 6.07) is 23.7. The molecule has 0 fully saturated rings. The Labute approximate surface area is 178 Å². The minimum Gasteiger partial charge on any atom is -0.255 e. The summed E-state index contributed by atoms with van der Waals surface area (Å²) >= 11 is 0. The van der Waals surface area contributed by atoms with Gasteiger partial charge in [-0.2, -0.15) is 5.26 Å². The zero-order valence-electron chi connectivity index (χ0n) is 17.7. The minimum atomic E-state index is -1.75. The molecule has 0 amide bonds. The van der Waals surface area contributed by atoms with Gasteiger partial charge < -0.3 is 0 Å². The van der Waals surface area contributed by atoms with E-state index in [0.29, 0.717) is 0 Å². The standard InChI is InChI=1S/C27H24N2Si/c1-30(2,3)27-22-14-13-19-11-7-8-12-20(19)24(22)23(17-28)26-25(27)21(15-16-29-26)18-9-5-4-6-10-18/h4-12,15-16H,13-14H2,1-3H3. The van der Waals surface area contributed by atoms with Crippen LogP contribution in [0.4, 0.5) is 0 Å². The fourth-order valence-electron chi connectivity index (χ4n) is 5.03. The van der Waals surface area contributed by atoms with Crippen molar-refractivity contribution < 1.29 is 0 Å². The maximum Gasteiger partial charge on any atom is 0.102 e. The fourth-order valence-corrected chi connectivity index (χ4v) is 7.19. The van der Waals surface area contributed by atoms with E-state index in [9.17, 15) is 5.26 Å². The van der Waals surface area contributed by atoms with Gasteiger partial charge in [0.25, 0.3) is 0 Å². The number of benzene rings is 3. The molecule has 1 aliphatic rings. The molecule has 4 aromatic rings. The van der Waals surface area contributed by atoms with Crippen LogP contribution in [0.1, 0.15) is 16.7 Å². The van der Waals surface area contributed by atoms with Crippen LogP contribution < -0.4 is 5.19 Å². The van der Waals surface area contributed by atoms with Gasteiger partial charge in [-0.3, -0.25) is 4.98 Å². The topological polar surface area (TPSA) is 36.7 Å². The molecule has 3 heteroatoms. The highest BCUT2D eigenvalue weighted by Crippen LogP contribution is 2.41. The molecule has 0 radical (unpaired) electrons. The third-order valence-electron chi connectivity index (χ3n) is 6.17. The Morgan fingerprint density at radius 2 is 1.60 bits per heavy atom. The van der Waals surface area contributed by atoms with Crippen LogP contribution in [-0.4, -0.2) is 13.1 Å². The number of aryl methyl sites for hydroxylation is 1. The Balaban J connectivity index is 2.02. The van der Waals surface area contributed by atoms with Crippen molar-refractivity contribution >= 4 is 24.2 Å². The van der Waals surface area contributed by atoms with Crippen LogP contribution in [0.2, 0.25) is 19.6 Å². The largest absolute Gasteiger partial charge is 0.255 e. The van der Waals surface area contributed by atoms with Gasteiger partial charge in [0, 0.05) is 17.1 Å². The molecule has 3 aromatic carbocycles. The Hall–Kier alpha value is -3.22. The van der Waals surface area contributed by atoms with Crippen LogP contribution >= 0.6 is 0 Å². The summed E-state index contributed by atoms with van der Waals surface area (Å²) in [5.74, 6) is 0. The first-order valence-electron chi connectivity index (χ1n) is 10.5. The van der Waals surface area contributed by atoms with Gasteiger partial charge in [-0.15, -0.1) is 0 Å². The van der Waals surface area contributed by atoms with Crippen molar-refractivity contribution in [3.63, 3.8) is 0 Å². The molecule has 2 nitrogen and oxygen atoms in total. The van der Waals surface area contributed by atoms with Crippen molar-refractivity contribution in [1.29, 1.82) is 5.26 Å². The van der Waals surface area contributed by atoms with Crippen molar-refractivity contribution in [3.05, 3.63) is 83.6 Å². The van der Waals surface area contributed by atoms with Crippen molar-refractivity contribution in [3.8, 4) is 28.3 Å². The molecule has 0 saturated heterocycles. The normalized spacial score (nSPS) is 12.9. The number of hydrogen-bond donors (Lipinski definition) is 0. The lowest BCUT2D eigenvalue weighted by molar-refractivity contribution is 0.947. The van der Waals surface area contributed by atoms with Crippen molar-refractivity contribution in [1.82, 2.24) is 4.98 Å². The molecular weight excluding hydrogens is 380 g/mol. The molecular formula is C27H24N2Si. The first-order chi connectivity index (χ1) is 14.5. The Morgan fingerprint density at radius 3 is 2.33 bits per heavy atom. The van der Waals surface area contributed by atoms with Gasteiger partial charge in [-0.1, -0.05) is 74.2 Å². The van der Waals surface area contributed by atoms with E-state index in [4.69, 9.17) is 4.98 Å². The summed E-state index contributed by atoms with van der Waals surface area (Å²) in [5, 5.41) is 13.0. The summed E-state index contributed by atoms with van der Waals surface area (Å²) < 4.78 is 0. The first-order valence-corrected chi connectivity index (χ1v) is 14.0. The fraction of sp³-hybridized carbons (Fsp3) is 0.185. The Bertz CT molecular complexity index is 1330. The van der Waals surface area contributed by atoms with E-state index in [0.717, 1.165) is 29.5 Å². The van der Waals surface area contributed by atoms with E-state index >= 15 is 0 Å². The summed E-state index contributed by atoms with van der Waals surface area (Å²) in [6.07, 6.45) is 3.87. The summed E-state index contributed by atoms with van der Waals surface area (Å²) in [7, 11) is -1.75. The molecule has 0 aliphatic heterocycles. The van der Waals surface area contributed by atoms with Gasteiger partial charge >= 0.3 is 0 Å². The lowest BCUT2D eigenvalue weighted by Gasteiger charge is -2.31. The number of hydrogen-bond acceptors (Lipinski definition) is 2. The van der Waals surface area contributed by atoms with E-state index in [2.05, 4.69) is 80.3 Å². The van der Waals surface area contributed by atoms with Crippen molar-refractivity contribution in [2.24, 2.45) is 0 Å². The van der Waals surface area contributed by atoms with Crippen LogP contribution in [-0.2, 0) is 12.8 Å². The molecule has 0 unspecified atom stereocenters. The molecule has 1 aromatic heterocycles. The SMILES string of the molecule is C[Si](C)(C)c1c2c(c(C#N)c3nccc(-c4ccccc4)c13)-c1ccccc1CC2. The van der Waals surface area contributed by atoms with E-state index in [-0.39, 0.29) is 0 Å². The predicted octanol–water partition coefficient (Wildman–Crippen LogP) is 6.08. The second kappa shape index (κ2) is 6.93. The van der Waals surface area contributed by atoms with Crippen LogP contribution in [0.5, 0.6) is 0 Å². The van der Waals surface area contributed by atoms with Gasteiger partial charge in [0.2, 0.25) is 0 Å². The molecule has 0 N–H and O–H groups in total. The number of aromatic nitrogens is 1. The van der Waals surface area contributed by atoms with Crippen LogP contribution in [0.25, 0.3) is 33.2 Å². The molecule has 1 heterocycles. The van der Waals surface area contributed by atoms with Gasteiger partial charge in [0.05, 0.1) is 19.2 Å². The molecule has 0 bridgehead atoms. The zero-order chi connectivity index (χ0) is 20.9. The molecule has 1 aliphatic carbocycles. The van der Waals surface area contributed by atoms with E-state index < -0.39 is 8.07 Å². The Kier molecular flexibility index (Phi) is 4.34. The quantitative estimate of drug-likeness (QED) is 0.379. The maximum absolute atomic E-state index is 10.3. The average molecular weight is 405 g/mol. The van der Waals surface area contributed by atoms with Gasteiger partial charge in [-0.25, -0.2) is 0 Å². The Morgan fingerprint density at radius 1 is 0.867 bits per heavy atom. The molecule has 30 heavy (non-hydrogen) atoms. The van der Waals surface area contributed by atoms with Gasteiger partial charge in [0.15, 0.2) is 0 Å². The number of rotatable bonds is 2. The summed E-state index contributed by atoms with van der Waals surface area (Å²) in [6.45, 7) is 7.24. The van der Waals surface area contributed by atoms with E-state index in [1.807, 2.05) is 12.3 Å². The lowest BCUT2D eigenvalue weighted by atomic mass is 9.81. The van der Waals surface area contributed by atoms with Crippen LogP contribution in [0.15, 0.2) is 66.9 Å². The highest BCUT2D eigenvalue weighted by molar-refractivity contribution is 6.91. The first kappa shape index (κ1) is 18.8. The molecule has 0 spiro atoms. The highest BCUT2D eigenvalue weighted by atomic mass is 28.3. The number of nitriles is 1. The molecule has 146 valence electrons. The van der Waals surface area contributed by atoms with Gasteiger partial charge in [0.1, 0.15) is 6.07 Å². The number of nitrogens with zero attached hydrogens (tertiary/aromatic N) is 2. The van der Waals surface area contributed by atoms with Gasteiger partial charge in [-0.05, 0) is 51.9 Å². The number of pyridine rings is 1. The lowest BCUT2D eigenvalue weighted by Crippen LogP contribution is -2.42. The van der Waals surface area contributed by atoms with Crippen molar-refractivity contribution in [2.75, 3.05) is 0 Å². The third-order valence-corrected chi connectivity index (χ3v) is 8.22. The third kappa shape index (κ3) is 2.80. The van der Waals surface area contributed by atoms with Crippen LogP contribution in [0.3, 0.4) is 0 Å². The maximum atomic E-state index is 10.3. The zero-order valence-corrected chi connectivity index (χ0v) is 18.7. The van der Waals surface area contributed by atoms with Crippen LogP contribution in [0, 0.1) is 11.3 Å². The van der Waals surface area contributed by atoms with E-state index in [1.165, 1.54) is 38.4 Å².